The number of para-hydroxylation sites is 3. The number of fused-ring (bicyclic) bond motifs is 6. The molecule has 0 atom stereocenters. The zero-order chi connectivity index (χ0) is 33.0. The average molecular weight is 642 g/mol. The van der Waals surface area contributed by atoms with Crippen LogP contribution < -0.4 is 0 Å². The van der Waals surface area contributed by atoms with E-state index in [1.165, 1.54) is 0 Å². The van der Waals surface area contributed by atoms with Gasteiger partial charge in [-0.3, -0.25) is 0 Å². The Labute approximate surface area is 287 Å². The highest BCUT2D eigenvalue weighted by atomic mass is 16.3. The van der Waals surface area contributed by atoms with Crippen molar-refractivity contribution in [3.8, 4) is 56.4 Å². The van der Waals surface area contributed by atoms with Gasteiger partial charge >= 0.3 is 0 Å². The first kappa shape index (κ1) is 28.2. The molecule has 3 aromatic heterocycles. The lowest BCUT2D eigenvalue weighted by Gasteiger charge is -2.10. The lowest BCUT2D eigenvalue weighted by Crippen LogP contribution is -2.00. The van der Waals surface area contributed by atoms with Crippen molar-refractivity contribution in [1.82, 2.24) is 15.0 Å². The zero-order valence-electron chi connectivity index (χ0n) is 26.7. The molecule has 0 spiro atoms. The highest BCUT2D eigenvalue weighted by Crippen LogP contribution is 2.41. The van der Waals surface area contributed by atoms with Crippen LogP contribution in [-0.4, -0.2) is 15.0 Å². The highest BCUT2D eigenvalue weighted by molar-refractivity contribution is 6.14. The van der Waals surface area contributed by atoms with Crippen molar-refractivity contribution < 1.29 is 8.83 Å². The summed E-state index contributed by atoms with van der Waals surface area (Å²) in [5.74, 6) is 1.87. The monoisotopic (exact) mass is 641 g/mol. The second kappa shape index (κ2) is 11.4. The number of hydrogen-bond acceptors (Lipinski definition) is 5. The Morgan fingerprint density at radius 1 is 0.300 bits per heavy atom. The van der Waals surface area contributed by atoms with E-state index in [1.807, 2.05) is 91.0 Å². The van der Waals surface area contributed by atoms with Crippen LogP contribution in [0.15, 0.2) is 173 Å². The van der Waals surface area contributed by atoms with E-state index in [2.05, 4.69) is 72.8 Å². The summed E-state index contributed by atoms with van der Waals surface area (Å²) in [7, 11) is 0. The molecule has 0 aliphatic rings. The molecule has 5 nitrogen and oxygen atoms in total. The molecule has 0 radical (unpaired) electrons. The normalized spacial score (nSPS) is 11.6. The van der Waals surface area contributed by atoms with Crippen molar-refractivity contribution >= 4 is 43.9 Å². The van der Waals surface area contributed by atoms with Crippen LogP contribution in [0.2, 0.25) is 0 Å². The van der Waals surface area contributed by atoms with Crippen LogP contribution in [0.1, 0.15) is 0 Å². The molecule has 50 heavy (non-hydrogen) atoms. The van der Waals surface area contributed by atoms with E-state index in [4.69, 9.17) is 23.8 Å². The molecule has 10 aromatic rings. The SMILES string of the molecule is c1ccc(-c2nc(-c3ccccc3)nc(-c3cccc(-c4cccc5c4oc4c(-c6ccc7c(c6)oc6ccccc67)cccc45)c3)n2)cc1. The van der Waals surface area contributed by atoms with E-state index in [0.717, 1.165) is 82.8 Å². The van der Waals surface area contributed by atoms with E-state index in [0.29, 0.717) is 17.5 Å². The Morgan fingerprint density at radius 2 is 0.780 bits per heavy atom. The van der Waals surface area contributed by atoms with Crippen LogP contribution in [-0.2, 0) is 0 Å². The maximum absolute atomic E-state index is 6.82. The predicted molar refractivity (Wildman–Crippen MR) is 202 cm³/mol. The second-order valence-electron chi connectivity index (χ2n) is 12.4. The fourth-order valence-electron chi connectivity index (χ4n) is 6.93. The summed E-state index contributed by atoms with van der Waals surface area (Å²) >= 11 is 0. The molecule has 7 aromatic carbocycles. The Kier molecular flexibility index (Phi) is 6.42. The number of aromatic nitrogens is 3. The third kappa shape index (κ3) is 4.67. The van der Waals surface area contributed by atoms with Gasteiger partial charge in [-0.25, -0.2) is 15.0 Å². The van der Waals surface area contributed by atoms with Gasteiger partial charge in [-0.1, -0.05) is 140 Å². The Hall–Kier alpha value is -6.85. The molecule has 0 N–H and O–H groups in total. The number of furan rings is 2. The van der Waals surface area contributed by atoms with Crippen molar-refractivity contribution in [3.63, 3.8) is 0 Å². The highest BCUT2D eigenvalue weighted by Gasteiger charge is 2.18. The van der Waals surface area contributed by atoms with Crippen molar-refractivity contribution in [2.24, 2.45) is 0 Å². The third-order valence-corrected chi connectivity index (χ3v) is 9.35. The molecule has 0 unspecified atom stereocenters. The number of hydrogen-bond donors (Lipinski definition) is 0. The molecule has 5 heteroatoms. The largest absolute Gasteiger partial charge is 0.456 e. The van der Waals surface area contributed by atoms with Gasteiger partial charge in [-0.2, -0.15) is 0 Å². The first-order valence-electron chi connectivity index (χ1n) is 16.6. The van der Waals surface area contributed by atoms with Gasteiger partial charge in [-0.05, 0) is 35.4 Å². The van der Waals surface area contributed by atoms with Crippen LogP contribution in [0.25, 0.3) is 100 Å². The average Bonchev–Trinajstić information content (AvgIpc) is 3.77. The standard InChI is InChI=1S/C45H27N3O2/c1-3-12-28(13-4-1)43-46-44(29-14-5-2-6-15-29)48-45(47-43)32-17-9-16-30(26-32)33-19-10-21-37-38-22-11-20-34(42(38)50-41(33)37)31-24-25-36-35-18-7-8-23-39(35)49-40(36)27-31/h1-27H. The summed E-state index contributed by atoms with van der Waals surface area (Å²) < 4.78 is 13.1. The molecule has 0 amide bonds. The van der Waals surface area contributed by atoms with Crippen LogP contribution >= 0.6 is 0 Å². The second-order valence-corrected chi connectivity index (χ2v) is 12.4. The molecule has 10 rings (SSSR count). The van der Waals surface area contributed by atoms with Crippen LogP contribution in [0.4, 0.5) is 0 Å². The maximum Gasteiger partial charge on any atom is 0.164 e. The van der Waals surface area contributed by atoms with Crippen LogP contribution in [0.3, 0.4) is 0 Å². The zero-order valence-corrected chi connectivity index (χ0v) is 26.7. The van der Waals surface area contributed by atoms with Gasteiger partial charge < -0.3 is 8.83 Å². The Morgan fingerprint density at radius 3 is 1.44 bits per heavy atom. The lowest BCUT2D eigenvalue weighted by molar-refractivity contribution is 0.668. The number of benzene rings is 7. The summed E-state index contributed by atoms with van der Waals surface area (Å²) in [6.45, 7) is 0. The first-order chi connectivity index (χ1) is 24.8. The minimum atomic E-state index is 0.611. The molecular formula is C45H27N3O2. The quantitative estimate of drug-likeness (QED) is 0.187. The van der Waals surface area contributed by atoms with E-state index in [1.54, 1.807) is 0 Å². The van der Waals surface area contributed by atoms with Gasteiger partial charge in [0.2, 0.25) is 0 Å². The minimum Gasteiger partial charge on any atom is -0.456 e. The fourth-order valence-corrected chi connectivity index (χ4v) is 6.93. The maximum atomic E-state index is 6.82. The molecule has 0 bridgehead atoms. The molecule has 234 valence electrons. The first-order valence-corrected chi connectivity index (χ1v) is 16.6. The molecule has 0 saturated heterocycles. The lowest BCUT2D eigenvalue weighted by atomic mass is 9.98. The Bertz CT molecular complexity index is 2810. The Balaban J connectivity index is 1.10. The summed E-state index contributed by atoms with van der Waals surface area (Å²) in [6, 6.07) is 55.7. The van der Waals surface area contributed by atoms with Crippen molar-refractivity contribution in [2.75, 3.05) is 0 Å². The smallest absolute Gasteiger partial charge is 0.164 e. The summed E-state index contributed by atoms with van der Waals surface area (Å²) in [4.78, 5) is 14.8. The van der Waals surface area contributed by atoms with E-state index >= 15 is 0 Å². The fraction of sp³-hybridized carbons (Fsp3) is 0. The van der Waals surface area contributed by atoms with Crippen LogP contribution in [0.5, 0.6) is 0 Å². The summed E-state index contributed by atoms with van der Waals surface area (Å²) in [5.41, 5.74) is 10.3. The molecule has 3 heterocycles. The van der Waals surface area contributed by atoms with Crippen molar-refractivity contribution in [1.29, 1.82) is 0 Å². The molecule has 0 aliphatic heterocycles. The third-order valence-electron chi connectivity index (χ3n) is 9.35. The van der Waals surface area contributed by atoms with Crippen molar-refractivity contribution in [2.45, 2.75) is 0 Å². The summed E-state index contributed by atoms with van der Waals surface area (Å²) in [5, 5.41) is 4.35. The number of rotatable bonds is 5. The summed E-state index contributed by atoms with van der Waals surface area (Å²) in [6.07, 6.45) is 0. The topological polar surface area (TPSA) is 65.0 Å². The van der Waals surface area contributed by atoms with Gasteiger partial charge in [0.15, 0.2) is 17.5 Å². The molecular weight excluding hydrogens is 615 g/mol. The minimum absolute atomic E-state index is 0.611. The van der Waals surface area contributed by atoms with Gasteiger partial charge in [0.1, 0.15) is 22.3 Å². The number of nitrogens with zero attached hydrogens (tertiary/aromatic N) is 3. The van der Waals surface area contributed by atoms with Gasteiger partial charge in [0, 0.05) is 49.4 Å². The molecule has 0 fully saturated rings. The molecule has 0 aliphatic carbocycles. The predicted octanol–water partition coefficient (Wildman–Crippen LogP) is 12.0. The van der Waals surface area contributed by atoms with Gasteiger partial charge in [0.25, 0.3) is 0 Å². The van der Waals surface area contributed by atoms with Gasteiger partial charge in [-0.15, -0.1) is 0 Å². The van der Waals surface area contributed by atoms with Crippen molar-refractivity contribution in [3.05, 3.63) is 164 Å². The molecule has 0 saturated carbocycles. The van der Waals surface area contributed by atoms with E-state index in [9.17, 15) is 0 Å². The van der Waals surface area contributed by atoms with E-state index in [-0.39, 0.29) is 0 Å². The van der Waals surface area contributed by atoms with Gasteiger partial charge in [0.05, 0.1) is 0 Å². The van der Waals surface area contributed by atoms with E-state index < -0.39 is 0 Å². The van der Waals surface area contributed by atoms with Crippen LogP contribution in [0, 0.1) is 0 Å².